The molecule has 188 valence electrons. The Kier molecular flexibility index (Phi) is 13.9. The number of hydrogen-bond donors (Lipinski definition) is 1. The number of hydrogen-bond acceptors (Lipinski definition) is 5. The van der Waals surface area contributed by atoms with Gasteiger partial charge in [-0.2, -0.15) is 0 Å². The van der Waals surface area contributed by atoms with Gasteiger partial charge in [0.2, 0.25) is 0 Å². The van der Waals surface area contributed by atoms with Gasteiger partial charge in [0.15, 0.2) is 11.6 Å². The van der Waals surface area contributed by atoms with Crippen molar-refractivity contribution in [3.8, 4) is 17.1 Å². The number of carbonyl (C=O) groups is 1. The first-order chi connectivity index (χ1) is 16.7. The molecule has 0 spiro atoms. The number of benzene rings is 1. The van der Waals surface area contributed by atoms with E-state index in [4.69, 9.17) is 9.47 Å². The highest BCUT2D eigenvalue weighted by atomic mass is 16.5. The molecule has 1 N–H and O–H groups in total. The number of aromatic nitrogens is 2. The van der Waals surface area contributed by atoms with Gasteiger partial charge in [0.1, 0.15) is 0 Å². The highest BCUT2D eigenvalue weighted by molar-refractivity contribution is 5.76. The maximum atomic E-state index is 11.8. The summed E-state index contributed by atoms with van der Waals surface area (Å²) in [5, 5.41) is 9.71. The van der Waals surface area contributed by atoms with Crippen LogP contribution in [0.25, 0.3) is 11.4 Å². The Morgan fingerprint density at radius 1 is 0.824 bits per heavy atom. The third-order valence-electron chi connectivity index (χ3n) is 5.89. The third-order valence-corrected chi connectivity index (χ3v) is 5.89. The summed E-state index contributed by atoms with van der Waals surface area (Å²) in [4.78, 5) is 20.6. The maximum Gasteiger partial charge on any atom is 0.310 e. The van der Waals surface area contributed by atoms with Gasteiger partial charge in [0, 0.05) is 18.8 Å². The lowest BCUT2D eigenvalue weighted by atomic mass is 9.92. The van der Waals surface area contributed by atoms with E-state index in [2.05, 4.69) is 23.8 Å². The predicted octanol–water partition coefficient (Wildman–Crippen LogP) is 7.04. The molecule has 6 heteroatoms. The molecule has 0 bridgehead atoms. The molecule has 0 aliphatic rings. The average molecular weight is 471 g/mol. The van der Waals surface area contributed by atoms with E-state index in [0.29, 0.717) is 24.6 Å². The molecule has 1 aromatic heterocycles. The fourth-order valence-electron chi connectivity index (χ4n) is 3.89. The van der Waals surface area contributed by atoms with Gasteiger partial charge < -0.3 is 14.6 Å². The second kappa shape index (κ2) is 17.0. The van der Waals surface area contributed by atoms with Crippen molar-refractivity contribution in [3.63, 3.8) is 0 Å². The first-order valence-corrected chi connectivity index (χ1v) is 13.0. The number of carboxylic acids is 1. The molecule has 1 aromatic carbocycles. The molecule has 1 heterocycles. The predicted molar refractivity (Wildman–Crippen MR) is 136 cm³/mol. The number of carboxylic acid groups (broad SMARTS) is 1. The first-order valence-electron chi connectivity index (χ1n) is 13.0. The molecule has 0 fully saturated rings. The summed E-state index contributed by atoms with van der Waals surface area (Å²) in [7, 11) is 0. The minimum Gasteiger partial charge on any atom is -0.490 e. The fraction of sp³-hybridized carbons (Fsp3) is 0.607. The lowest BCUT2D eigenvalue weighted by molar-refractivity contribution is -0.139. The minimum absolute atomic E-state index is 0.464. The van der Waals surface area contributed by atoms with E-state index in [-0.39, 0.29) is 0 Å². The topological polar surface area (TPSA) is 81.5 Å². The Hall–Kier alpha value is -2.47. The number of unbranched alkanes of at least 4 members (excludes halogenated alkanes) is 7. The second-order valence-corrected chi connectivity index (χ2v) is 8.83. The van der Waals surface area contributed by atoms with Crippen LogP contribution >= 0.6 is 0 Å². The molecule has 0 aliphatic carbocycles. The van der Waals surface area contributed by atoms with E-state index in [1.165, 1.54) is 32.1 Å². The van der Waals surface area contributed by atoms with Crippen LogP contribution in [0.1, 0.15) is 96.0 Å². The van der Waals surface area contributed by atoms with Crippen LogP contribution in [0.15, 0.2) is 36.7 Å². The molecule has 0 aliphatic heterocycles. The Morgan fingerprint density at radius 2 is 1.47 bits per heavy atom. The van der Waals surface area contributed by atoms with E-state index in [9.17, 15) is 9.90 Å². The molecule has 1 unspecified atom stereocenters. The van der Waals surface area contributed by atoms with Crippen molar-refractivity contribution < 1.29 is 19.4 Å². The Bertz CT molecular complexity index is 793. The van der Waals surface area contributed by atoms with Crippen molar-refractivity contribution in [3.05, 3.63) is 42.2 Å². The van der Waals surface area contributed by atoms with Crippen LogP contribution in [0.3, 0.4) is 0 Å². The summed E-state index contributed by atoms with van der Waals surface area (Å²) in [5.74, 6) is 0.0310. The molecular formula is C28H42N2O4. The van der Waals surface area contributed by atoms with Crippen molar-refractivity contribution in [1.29, 1.82) is 0 Å². The van der Waals surface area contributed by atoms with E-state index in [1.807, 2.05) is 24.3 Å². The van der Waals surface area contributed by atoms with Crippen LogP contribution in [0, 0.1) is 0 Å². The molecule has 2 aromatic rings. The molecule has 2 rings (SSSR count). The smallest absolute Gasteiger partial charge is 0.310 e. The van der Waals surface area contributed by atoms with E-state index >= 15 is 0 Å². The van der Waals surface area contributed by atoms with Gasteiger partial charge in [-0.15, -0.1) is 0 Å². The van der Waals surface area contributed by atoms with Crippen LogP contribution in [0.2, 0.25) is 0 Å². The van der Waals surface area contributed by atoms with Gasteiger partial charge in [-0.3, -0.25) is 4.79 Å². The maximum absolute atomic E-state index is 11.8. The largest absolute Gasteiger partial charge is 0.490 e. The normalized spacial score (nSPS) is 11.9. The van der Waals surface area contributed by atoms with Crippen molar-refractivity contribution in [2.45, 2.75) is 90.4 Å². The lowest BCUT2D eigenvalue weighted by Crippen LogP contribution is -2.11. The van der Waals surface area contributed by atoms with Crippen LogP contribution in [-0.2, 0) is 9.53 Å². The second-order valence-electron chi connectivity index (χ2n) is 8.83. The highest BCUT2D eigenvalue weighted by Gasteiger charge is 2.19. The zero-order chi connectivity index (χ0) is 24.4. The molecule has 6 nitrogen and oxygen atoms in total. The third kappa shape index (κ3) is 10.6. The number of rotatable bonds is 19. The van der Waals surface area contributed by atoms with Crippen molar-refractivity contribution in [2.75, 3.05) is 19.8 Å². The summed E-state index contributed by atoms with van der Waals surface area (Å²) in [6.45, 7) is 6.51. The van der Waals surface area contributed by atoms with Gasteiger partial charge in [0.25, 0.3) is 0 Å². The Labute approximate surface area is 205 Å². The lowest BCUT2D eigenvalue weighted by Gasteiger charge is -2.13. The highest BCUT2D eigenvalue weighted by Crippen LogP contribution is 2.26. The summed E-state index contributed by atoms with van der Waals surface area (Å²) in [5.41, 5.74) is 1.70. The molecule has 0 radical (unpaired) electrons. The van der Waals surface area contributed by atoms with E-state index in [1.54, 1.807) is 12.4 Å². The van der Waals surface area contributed by atoms with Gasteiger partial charge in [-0.25, -0.2) is 9.97 Å². The number of ether oxygens (including phenoxy) is 2. The standard InChI is InChI=1S/C28H42N2O4/c1-3-5-6-7-8-9-10-13-26(28(31)32)23-14-16-24(17-15-23)27-29-21-25(22-30-27)34-20-12-11-19-33-18-4-2/h14-17,21-22,26H,3-13,18-20H2,1-2H3,(H,31,32). The molecule has 1 atom stereocenters. The quantitative estimate of drug-likeness (QED) is 0.222. The van der Waals surface area contributed by atoms with Crippen molar-refractivity contribution in [2.24, 2.45) is 0 Å². The Morgan fingerprint density at radius 3 is 2.12 bits per heavy atom. The molecule has 0 saturated heterocycles. The van der Waals surface area contributed by atoms with Crippen LogP contribution in [-0.4, -0.2) is 40.9 Å². The van der Waals surface area contributed by atoms with E-state index < -0.39 is 11.9 Å². The first kappa shape index (κ1) is 27.8. The number of aliphatic carboxylic acids is 1. The summed E-state index contributed by atoms with van der Waals surface area (Å²) < 4.78 is 11.2. The SMILES string of the molecule is CCCCCCCCCC(C(=O)O)c1ccc(-c2ncc(OCCCCOCCC)cn2)cc1. The van der Waals surface area contributed by atoms with Crippen molar-refractivity contribution in [1.82, 2.24) is 9.97 Å². The van der Waals surface area contributed by atoms with Gasteiger partial charge in [0.05, 0.1) is 24.9 Å². The van der Waals surface area contributed by atoms with Crippen LogP contribution in [0.4, 0.5) is 0 Å². The molecular weight excluding hydrogens is 428 g/mol. The van der Waals surface area contributed by atoms with Gasteiger partial charge >= 0.3 is 5.97 Å². The van der Waals surface area contributed by atoms with Crippen LogP contribution in [0.5, 0.6) is 5.75 Å². The zero-order valence-corrected chi connectivity index (χ0v) is 21.0. The molecule has 34 heavy (non-hydrogen) atoms. The molecule has 0 amide bonds. The summed E-state index contributed by atoms with van der Waals surface area (Å²) in [6, 6.07) is 7.60. The van der Waals surface area contributed by atoms with Gasteiger partial charge in [-0.05, 0) is 31.2 Å². The minimum atomic E-state index is -0.756. The zero-order valence-electron chi connectivity index (χ0n) is 21.0. The average Bonchev–Trinajstić information content (AvgIpc) is 2.85. The number of nitrogens with zero attached hydrogens (tertiary/aromatic N) is 2. The summed E-state index contributed by atoms with van der Waals surface area (Å²) in [6.07, 6.45) is 15.3. The van der Waals surface area contributed by atoms with E-state index in [0.717, 1.165) is 56.4 Å². The molecule has 0 saturated carbocycles. The Balaban J connectivity index is 1.79. The van der Waals surface area contributed by atoms with Gasteiger partial charge in [-0.1, -0.05) is 83.1 Å². The monoisotopic (exact) mass is 470 g/mol. The van der Waals surface area contributed by atoms with Crippen LogP contribution < -0.4 is 4.74 Å². The van der Waals surface area contributed by atoms with Crippen molar-refractivity contribution >= 4 is 5.97 Å². The summed E-state index contributed by atoms with van der Waals surface area (Å²) >= 11 is 0. The fourth-order valence-corrected chi connectivity index (χ4v) is 3.89.